The highest BCUT2D eigenvalue weighted by molar-refractivity contribution is 5.77. The Labute approximate surface area is 72.0 Å². The molecular weight excluding hydrogens is 191 g/mol. The summed E-state index contributed by atoms with van der Waals surface area (Å²) < 4.78 is 38.1. The van der Waals surface area contributed by atoms with Gasteiger partial charge in [0.1, 0.15) is 0 Å². The van der Waals surface area contributed by atoms with Gasteiger partial charge in [-0.05, 0) is 0 Å². The van der Waals surface area contributed by atoms with E-state index in [9.17, 15) is 22.8 Å². The van der Waals surface area contributed by atoms with Crippen LogP contribution in [-0.4, -0.2) is 24.8 Å². The van der Waals surface area contributed by atoms with E-state index in [1.54, 1.807) is 0 Å². The van der Waals surface area contributed by atoms with Crippen molar-refractivity contribution in [1.82, 2.24) is 5.32 Å². The van der Waals surface area contributed by atoms with Gasteiger partial charge in [0, 0.05) is 6.42 Å². The van der Waals surface area contributed by atoms with Gasteiger partial charge in [-0.15, -0.1) is 0 Å². The Morgan fingerprint density at radius 1 is 1.38 bits per heavy atom. The second-order valence-corrected chi connectivity index (χ2v) is 2.03. The second-order valence-electron chi connectivity index (χ2n) is 2.03. The number of nitrogens with one attached hydrogen (secondary N) is 1. The molecule has 0 aromatic heterocycles. The van der Waals surface area contributed by atoms with E-state index in [1.807, 2.05) is 5.32 Å². The fraction of sp³-hybridized carbons (Fsp3) is 0.667. The molecule has 76 valence electrons. The first-order valence-corrected chi connectivity index (χ1v) is 3.38. The number of carbonyl (C=O) groups is 2. The number of hydrogen-bond donors (Lipinski definition) is 1. The van der Waals surface area contributed by atoms with E-state index in [2.05, 4.69) is 4.74 Å². The molecule has 13 heavy (non-hydrogen) atoms. The number of rotatable bonds is 3. The number of ether oxygens (including phenoxy) is 1. The lowest BCUT2D eigenvalue weighted by atomic mass is 10.5. The number of amides is 1. The summed E-state index contributed by atoms with van der Waals surface area (Å²) in [5.74, 6) is -2.81. The zero-order chi connectivity index (χ0) is 10.5. The van der Waals surface area contributed by atoms with Gasteiger partial charge in [-0.3, -0.25) is 4.79 Å². The summed E-state index contributed by atoms with van der Waals surface area (Å²) in [6.07, 6.45) is -4.90. The van der Waals surface area contributed by atoms with E-state index in [-0.39, 0.29) is 6.42 Å². The van der Waals surface area contributed by atoms with E-state index in [0.29, 0.717) is 0 Å². The van der Waals surface area contributed by atoms with E-state index in [0.717, 1.165) is 0 Å². The van der Waals surface area contributed by atoms with Gasteiger partial charge in [0.05, 0.1) is 0 Å². The van der Waals surface area contributed by atoms with Crippen molar-refractivity contribution >= 4 is 11.9 Å². The molecule has 0 saturated carbocycles. The van der Waals surface area contributed by atoms with Gasteiger partial charge in [-0.25, -0.2) is 4.79 Å². The molecule has 7 heteroatoms. The van der Waals surface area contributed by atoms with Crippen LogP contribution in [0.1, 0.15) is 13.3 Å². The Morgan fingerprint density at radius 3 is 2.31 bits per heavy atom. The van der Waals surface area contributed by atoms with Crippen LogP contribution in [0, 0.1) is 0 Å². The smallest absolute Gasteiger partial charge is 0.438 e. The Hall–Kier alpha value is -1.27. The van der Waals surface area contributed by atoms with Gasteiger partial charge in [0.2, 0.25) is 5.91 Å². The van der Waals surface area contributed by atoms with Gasteiger partial charge in [0.25, 0.3) is 0 Å². The van der Waals surface area contributed by atoms with Crippen molar-refractivity contribution in [2.75, 3.05) is 6.73 Å². The number of alkyl halides is 3. The first-order valence-electron chi connectivity index (χ1n) is 3.38. The second kappa shape index (κ2) is 4.68. The molecule has 0 aromatic rings. The minimum atomic E-state index is -5.02. The maximum Gasteiger partial charge on any atom is 0.490 e. The molecule has 0 rings (SSSR count). The van der Waals surface area contributed by atoms with Gasteiger partial charge in [-0.1, -0.05) is 6.92 Å². The molecule has 0 heterocycles. The molecule has 0 radical (unpaired) electrons. The Kier molecular flexibility index (Phi) is 4.22. The molecule has 0 atom stereocenters. The Bertz CT molecular complexity index is 202. The third-order valence-electron chi connectivity index (χ3n) is 1.03. The molecule has 0 unspecified atom stereocenters. The summed E-state index contributed by atoms with van der Waals surface area (Å²) in [5.41, 5.74) is 0. The normalized spacial score (nSPS) is 10.8. The van der Waals surface area contributed by atoms with Crippen LogP contribution < -0.4 is 5.32 Å². The fourth-order valence-electron chi connectivity index (χ4n) is 0.389. The molecular formula is C6H8F3NO3. The first kappa shape index (κ1) is 11.7. The summed E-state index contributed by atoms with van der Waals surface area (Å²) in [6.45, 7) is 0.756. The molecule has 0 fully saturated rings. The van der Waals surface area contributed by atoms with Crippen molar-refractivity contribution in [3.63, 3.8) is 0 Å². The van der Waals surface area contributed by atoms with Crippen molar-refractivity contribution in [2.45, 2.75) is 19.5 Å². The monoisotopic (exact) mass is 199 g/mol. The summed E-state index contributed by atoms with van der Waals surface area (Å²) in [5, 5.41) is 1.95. The van der Waals surface area contributed by atoms with Crippen LogP contribution in [0.15, 0.2) is 0 Å². The first-order chi connectivity index (χ1) is 5.88. The molecule has 1 N–H and O–H groups in total. The van der Waals surface area contributed by atoms with E-state index in [4.69, 9.17) is 0 Å². The summed E-state index contributed by atoms with van der Waals surface area (Å²) >= 11 is 0. The predicted octanol–water partition coefficient (Wildman–Crippen LogP) is 0.576. The predicted molar refractivity (Wildman–Crippen MR) is 35.4 cm³/mol. The van der Waals surface area contributed by atoms with Crippen LogP contribution in [0.2, 0.25) is 0 Å². The van der Waals surface area contributed by atoms with E-state index < -0.39 is 24.8 Å². The lowest BCUT2D eigenvalue weighted by Gasteiger charge is -2.07. The molecule has 4 nitrogen and oxygen atoms in total. The van der Waals surface area contributed by atoms with E-state index in [1.165, 1.54) is 6.92 Å². The third-order valence-corrected chi connectivity index (χ3v) is 1.03. The van der Waals surface area contributed by atoms with Crippen molar-refractivity contribution in [3.05, 3.63) is 0 Å². The summed E-state index contributed by atoms with van der Waals surface area (Å²) in [6, 6.07) is 0. The zero-order valence-electron chi connectivity index (χ0n) is 6.77. The zero-order valence-corrected chi connectivity index (χ0v) is 6.77. The number of halogens is 3. The minimum Gasteiger partial charge on any atom is -0.438 e. The van der Waals surface area contributed by atoms with Gasteiger partial charge >= 0.3 is 12.1 Å². The highest BCUT2D eigenvalue weighted by atomic mass is 19.4. The largest absolute Gasteiger partial charge is 0.490 e. The molecule has 0 bridgehead atoms. The summed E-state index contributed by atoms with van der Waals surface area (Å²) in [4.78, 5) is 20.5. The molecule has 0 aliphatic rings. The SMILES string of the molecule is CCC(=O)NCOC(=O)C(F)(F)F. The highest BCUT2D eigenvalue weighted by Crippen LogP contribution is 2.15. The molecule has 1 amide bonds. The Balaban J connectivity index is 3.67. The lowest BCUT2D eigenvalue weighted by Crippen LogP contribution is -2.32. The van der Waals surface area contributed by atoms with Crippen LogP contribution in [0.3, 0.4) is 0 Å². The van der Waals surface area contributed by atoms with Crippen LogP contribution in [0.25, 0.3) is 0 Å². The van der Waals surface area contributed by atoms with E-state index >= 15 is 0 Å². The lowest BCUT2D eigenvalue weighted by molar-refractivity contribution is -0.200. The Morgan fingerprint density at radius 2 is 1.92 bits per heavy atom. The molecule has 0 aliphatic heterocycles. The van der Waals surface area contributed by atoms with Crippen molar-refractivity contribution in [3.8, 4) is 0 Å². The molecule has 0 saturated heterocycles. The maximum atomic E-state index is 11.5. The van der Waals surface area contributed by atoms with Gasteiger partial charge in [0.15, 0.2) is 6.73 Å². The quantitative estimate of drug-likeness (QED) is 0.534. The topological polar surface area (TPSA) is 55.4 Å². The van der Waals surface area contributed by atoms with Crippen LogP contribution in [0.4, 0.5) is 13.2 Å². The summed E-state index contributed by atoms with van der Waals surface area (Å²) in [7, 11) is 0. The third kappa shape index (κ3) is 5.05. The average Bonchev–Trinajstić information content (AvgIpc) is 2.02. The van der Waals surface area contributed by atoms with Crippen LogP contribution in [0.5, 0.6) is 0 Å². The maximum absolute atomic E-state index is 11.5. The molecule has 0 aromatic carbocycles. The fourth-order valence-corrected chi connectivity index (χ4v) is 0.389. The van der Waals surface area contributed by atoms with Crippen LogP contribution in [-0.2, 0) is 14.3 Å². The number of carbonyl (C=O) groups excluding carboxylic acids is 2. The molecule has 0 aliphatic carbocycles. The van der Waals surface area contributed by atoms with Crippen molar-refractivity contribution in [1.29, 1.82) is 0 Å². The van der Waals surface area contributed by atoms with Gasteiger partial charge < -0.3 is 10.1 Å². The average molecular weight is 199 g/mol. The number of esters is 1. The highest BCUT2D eigenvalue weighted by Gasteiger charge is 2.40. The van der Waals surface area contributed by atoms with Gasteiger partial charge in [-0.2, -0.15) is 13.2 Å². The standard InChI is InChI=1S/C6H8F3NO3/c1-2-4(11)10-3-13-5(12)6(7,8)9/h2-3H2,1H3,(H,10,11). The van der Waals surface area contributed by atoms with Crippen molar-refractivity contribution < 1.29 is 27.5 Å². The molecule has 0 spiro atoms. The number of hydrogen-bond acceptors (Lipinski definition) is 3. The van der Waals surface area contributed by atoms with Crippen LogP contribution >= 0.6 is 0 Å². The minimum absolute atomic E-state index is 0.115. The van der Waals surface area contributed by atoms with Crippen molar-refractivity contribution in [2.24, 2.45) is 0 Å².